The van der Waals surface area contributed by atoms with Gasteiger partial charge in [-0.1, -0.05) is 0 Å². The van der Waals surface area contributed by atoms with Gasteiger partial charge in [-0.15, -0.1) is 0 Å². The first-order chi connectivity index (χ1) is 8.72. The number of carbonyl (C=O) groups is 1. The molecule has 0 unspecified atom stereocenters. The van der Waals surface area contributed by atoms with Gasteiger partial charge in [-0.05, 0) is 25.0 Å². The zero-order valence-corrected chi connectivity index (χ0v) is 10.8. The Morgan fingerprint density at radius 3 is 2.89 bits per heavy atom. The highest BCUT2D eigenvalue weighted by molar-refractivity contribution is 5.94. The van der Waals surface area contributed by atoms with Crippen LogP contribution in [0.5, 0.6) is 0 Å². The summed E-state index contributed by atoms with van der Waals surface area (Å²) in [5, 5.41) is 2.94. The number of aromatic nitrogens is 1. The monoisotopic (exact) mass is 249 g/mol. The van der Waals surface area contributed by atoms with E-state index in [9.17, 15) is 4.79 Å². The molecule has 1 saturated heterocycles. The fraction of sp³-hybridized carbons (Fsp3) is 0.538. The molecule has 0 bridgehead atoms. The van der Waals surface area contributed by atoms with Crippen molar-refractivity contribution in [3.63, 3.8) is 0 Å². The van der Waals surface area contributed by atoms with E-state index in [0.717, 1.165) is 26.1 Å². The van der Waals surface area contributed by atoms with E-state index in [-0.39, 0.29) is 11.9 Å². The number of anilines is 1. The molecule has 1 fully saturated rings. The average Bonchev–Trinajstić information content (AvgIpc) is 2.46. The molecule has 2 rings (SSSR count). The van der Waals surface area contributed by atoms with Gasteiger partial charge >= 0.3 is 0 Å². The predicted octanol–water partition coefficient (Wildman–Crippen LogP) is 1.37. The molecule has 0 aromatic carbocycles. The van der Waals surface area contributed by atoms with Gasteiger partial charge in [0, 0.05) is 45.1 Å². The van der Waals surface area contributed by atoms with Crippen LogP contribution in [-0.2, 0) is 4.74 Å². The lowest BCUT2D eigenvalue weighted by Crippen LogP contribution is -2.40. The minimum atomic E-state index is 0.0424. The van der Waals surface area contributed by atoms with E-state index in [4.69, 9.17) is 4.74 Å². The fourth-order valence-electron chi connectivity index (χ4n) is 2.14. The second kappa shape index (κ2) is 5.82. The molecular formula is C13H19N3O2. The molecule has 5 nitrogen and oxygen atoms in total. The number of carbonyl (C=O) groups excluding carboxylic acids is 1. The molecule has 0 atom stereocenters. The highest BCUT2D eigenvalue weighted by Crippen LogP contribution is 2.16. The maximum Gasteiger partial charge on any atom is 0.254 e. The summed E-state index contributed by atoms with van der Waals surface area (Å²) in [6.07, 6.45) is 3.47. The standard InChI is InChI=1S/C13H19N3O2/c1-14-12-9-10(3-6-15-12)13(17)16(2)11-4-7-18-8-5-11/h3,6,9,11H,4-5,7-8H2,1-2H3,(H,14,15). The van der Waals surface area contributed by atoms with Crippen LogP contribution in [0.4, 0.5) is 5.82 Å². The number of pyridine rings is 1. The summed E-state index contributed by atoms with van der Waals surface area (Å²) in [5.74, 6) is 0.752. The first-order valence-electron chi connectivity index (χ1n) is 6.21. The molecule has 1 aromatic rings. The van der Waals surface area contributed by atoms with Gasteiger partial charge in [0.05, 0.1) is 0 Å². The molecule has 5 heteroatoms. The van der Waals surface area contributed by atoms with E-state index < -0.39 is 0 Å². The number of ether oxygens (including phenoxy) is 1. The Labute approximate surface area is 107 Å². The van der Waals surface area contributed by atoms with Gasteiger partial charge in [-0.3, -0.25) is 4.79 Å². The van der Waals surface area contributed by atoms with Gasteiger partial charge in [-0.2, -0.15) is 0 Å². The molecule has 1 amide bonds. The van der Waals surface area contributed by atoms with Crippen molar-refractivity contribution in [2.45, 2.75) is 18.9 Å². The van der Waals surface area contributed by atoms with Crippen molar-refractivity contribution >= 4 is 11.7 Å². The maximum absolute atomic E-state index is 12.3. The molecular weight excluding hydrogens is 230 g/mol. The number of nitrogens with one attached hydrogen (secondary N) is 1. The van der Waals surface area contributed by atoms with Crippen molar-refractivity contribution in [3.05, 3.63) is 23.9 Å². The van der Waals surface area contributed by atoms with Crippen molar-refractivity contribution < 1.29 is 9.53 Å². The molecule has 2 heterocycles. The van der Waals surface area contributed by atoms with Gasteiger partial charge in [0.2, 0.25) is 0 Å². The molecule has 98 valence electrons. The zero-order chi connectivity index (χ0) is 13.0. The lowest BCUT2D eigenvalue weighted by Gasteiger charge is -2.31. The van der Waals surface area contributed by atoms with Crippen LogP contribution in [0.15, 0.2) is 18.3 Å². The molecule has 1 aliphatic rings. The molecule has 1 aliphatic heterocycles. The number of nitrogens with zero attached hydrogens (tertiary/aromatic N) is 2. The number of hydrogen-bond acceptors (Lipinski definition) is 4. The van der Waals surface area contributed by atoms with Crippen LogP contribution in [0.25, 0.3) is 0 Å². The summed E-state index contributed by atoms with van der Waals surface area (Å²) in [7, 11) is 3.65. The smallest absolute Gasteiger partial charge is 0.254 e. The van der Waals surface area contributed by atoms with E-state index in [1.807, 2.05) is 11.9 Å². The summed E-state index contributed by atoms with van der Waals surface area (Å²) in [5.41, 5.74) is 0.670. The Bertz CT molecular complexity index is 416. The third-order valence-corrected chi connectivity index (χ3v) is 3.32. The Morgan fingerprint density at radius 1 is 1.50 bits per heavy atom. The summed E-state index contributed by atoms with van der Waals surface area (Å²) < 4.78 is 5.31. The maximum atomic E-state index is 12.3. The Kier molecular flexibility index (Phi) is 4.15. The van der Waals surface area contributed by atoms with Crippen LogP contribution in [0.3, 0.4) is 0 Å². The van der Waals surface area contributed by atoms with Crippen LogP contribution in [-0.4, -0.2) is 49.1 Å². The predicted molar refractivity (Wildman–Crippen MR) is 69.7 cm³/mol. The first-order valence-corrected chi connectivity index (χ1v) is 6.21. The molecule has 1 aromatic heterocycles. The third-order valence-electron chi connectivity index (χ3n) is 3.32. The Hall–Kier alpha value is -1.62. The summed E-state index contributed by atoms with van der Waals surface area (Å²) in [6, 6.07) is 3.80. The highest BCUT2D eigenvalue weighted by atomic mass is 16.5. The summed E-state index contributed by atoms with van der Waals surface area (Å²) >= 11 is 0. The number of hydrogen-bond donors (Lipinski definition) is 1. The third kappa shape index (κ3) is 2.79. The van der Waals surface area contributed by atoms with Crippen molar-refractivity contribution in [1.29, 1.82) is 0 Å². The van der Waals surface area contributed by atoms with Crippen LogP contribution in [0, 0.1) is 0 Å². The van der Waals surface area contributed by atoms with Gasteiger partial charge < -0.3 is 15.0 Å². The quantitative estimate of drug-likeness (QED) is 0.879. The van der Waals surface area contributed by atoms with Crippen molar-refractivity contribution in [1.82, 2.24) is 9.88 Å². The van der Waals surface area contributed by atoms with Crippen LogP contribution in [0.2, 0.25) is 0 Å². The van der Waals surface area contributed by atoms with Crippen molar-refractivity contribution in [2.75, 3.05) is 32.6 Å². The largest absolute Gasteiger partial charge is 0.381 e. The average molecular weight is 249 g/mol. The van der Waals surface area contributed by atoms with E-state index in [1.165, 1.54) is 0 Å². The van der Waals surface area contributed by atoms with Crippen molar-refractivity contribution in [2.24, 2.45) is 0 Å². The van der Waals surface area contributed by atoms with Crippen LogP contribution >= 0.6 is 0 Å². The second-order valence-electron chi connectivity index (χ2n) is 4.44. The lowest BCUT2D eigenvalue weighted by atomic mass is 10.1. The number of amides is 1. The zero-order valence-electron chi connectivity index (χ0n) is 10.8. The topological polar surface area (TPSA) is 54.5 Å². The minimum Gasteiger partial charge on any atom is -0.381 e. The lowest BCUT2D eigenvalue weighted by molar-refractivity contribution is 0.0362. The van der Waals surface area contributed by atoms with Crippen LogP contribution in [0.1, 0.15) is 23.2 Å². The summed E-state index contributed by atoms with van der Waals surface area (Å²) in [4.78, 5) is 18.3. The van der Waals surface area contributed by atoms with E-state index in [0.29, 0.717) is 11.4 Å². The summed E-state index contributed by atoms with van der Waals surface area (Å²) in [6.45, 7) is 1.47. The molecule has 18 heavy (non-hydrogen) atoms. The highest BCUT2D eigenvalue weighted by Gasteiger charge is 2.23. The molecule has 0 radical (unpaired) electrons. The fourth-order valence-corrected chi connectivity index (χ4v) is 2.14. The molecule has 0 saturated carbocycles. The van der Waals surface area contributed by atoms with Crippen LogP contribution < -0.4 is 5.32 Å². The molecule has 0 aliphatic carbocycles. The first kappa shape index (κ1) is 12.8. The van der Waals surface area contributed by atoms with E-state index in [2.05, 4.69) is 10.3 Å². The molecule has 0 spiro atoms. The van der Waals surface area contributed by atoms with Gasteiger partial charge in [0.1, 0.15) is 5.82 Å². The van der Waals surface area contributed by atoms with Gasteiger partial charge in [0.15, 0.2) is 0 Å². The van der Waals surface area contributed by atoms with Gasteiger partial charge in [0.25, 0.3) is 5.91 Å². The Balaban J connectivity index is 2.09. The van der Waals surface area contributed by atoms with Crippen molar-refractivity contribution in [3.8, 4) is 0 Å². The van der Waals surface area contributed by atoms with E-state index in [1.54, 1.807) is 25.4 Å². The second-order valence-corrected chi connectivity index (χ2v) is 4.44. The minimum absolute atomic E-state index is 0.0424. The SMILES string of the molecule is CNc1cc(C(=O)N(C)C2CCOCC2)ccn1. The normalized spacial score (nSPS) is 16.3. The Morgan fingerprint density at radius 2 is 2.22 bits per heavy atom. The van der Waals surface area contributed by atoms with E-state index >= 15 is 0 Å². The molecule has 1 N–H and O–H groups in total. The number of rotatable bonds is 3. The van der Waals surface area contributed by atoms with Gasteiger partial charge in [-0.25, -0.2) is 4.98 Å².